The highest BCUT2D eigenvalue weighted by Crippen LogP contribution is 2.35. The number of pyridine rings is 1. The summed E-state index contributed by atoms with van der Waals surface area (Å²) in [6, 6.07) is 12.0. The van der Waals surface area contributed by atoms with E-state index in [0.29, 0.717) is 33.9 Å². The monoisotopic (exact) mass is 388 g/mol. The Morgan fingerprint density at radius 2 is 1.78 bits per heavy atom. The molecule has 0 bridgehead atoms. The van der Waals surface area contributed by atoms with Crippen LogP contribution in [0.5, 0.6) is 11.5 Å². The maximum atomic E-state index is 13.1. The lowest BCUT2D eigenvalue weighted by molar-refractivity contribution is 0.482. The normalized spacial score (nSPS) is 11.2. The maximum absolute atomic E-state index is 13.1. The summed E-state index contributed by atoms with van der Waals surface area (Å²) in [5.41, 5.74) is 1.84. The molecule has 3 aromatic rings. The number of aryl methyl sites for hydroxylation is 1. The Hall–Kier alpha value is -3.13. The summed E-state index contributed by atoms with van der Waals surface area (Å²) in [6.07, 6.45) is 2.58. The number of hydrogen-bond acceptors (Lipinski definition) is 4. The zero-order chi connectivity index (χ0) is 19.6. The lowest BCUT2D eigenvalue weighted by Crippen LogP contribution is -2.10. The van der Waals surface area contributed by atoms with E-state index in [4.69, 9.17) is 4.74 Å². The van der Waals surface area contributed by atoms with Gasteiger partial charge >= 0.3 is 0 Å². The lowest BCUT2D eigenvalue weighted by atomic mass is 10.0. The number of hydrogen-bond donors (Lipinski definition) is 2. The van der Waals surface area contributed by atoms with Crippen LogP contribution in [-0.4, -0.2) is 19.7 Å². The number of aromatic nitrogens is 1. The van der Waals surface area contributed by atoms with Gasteiger partial charge in [-0.2, -0.15) is 0 Å². The Kier molecular flexibility index (Phi) is 5.00. The summed E-state index contributed by atoms with van der Waals surface area (Å²) in [6.45, 7) is 1.67. The van der Waals surface area contributed by atoms with Crippen LogP contribution in [0.3, 0.4) is 0 Å². The van der Waals surface area contributed by atoms with Crippen LogP contribution < -0.4 is 15.0 Å². The first kappa shape index (κ1) is 18.7. The molecule has 0 spiro atoms. The topological polar surface area (TPSA) is 88.3 Å². The highest BCUT2D eigenvalue weighted by Gasteiger charge is 2.12. The first-order valence-electron chi connectivity index (χ1n) is 7.96. The van der Waals surface area contributed by atoms with Gasteiger partial charge in [0.2, 0.25) is 10.0 Å². The zero-order valence-electron chi connectivity index (χ0n) is 14.6. The molecule has 0 aliphatic rings. The molecule has 0 saturated heterocycles. The third-order valence-electron chi connectivity index (χ3n) is 3.72. The molecule has 27 heavy (non-hydrogen) atoms. The van der Waals surface area contributed by atoms with Gasteiger partial charge in [0.15, 0.2) is 0 Å². The van der Waals surface area contributed by atoms with E-state index in [0.717, 1.165) is 6.26 Å². The molecule has 0 aliphatic carbocycles. The van der Waals surface area contributed by atoms with Gasteiger partial charge in [-0.15, -0.1) is 0 Å². The minimum Gasteiger partial charge on any atom is -0.457 e. The van der Waals surface area contributed by atoms with Crippen LogP contribution in [-0.2, 0) is 10.0 Å². The average molecular weight is 388 g/mol. The molecule has 0 unspecified atom stereocenters. The number of benzene rings is 2. The van der Waals surface area contributed by atoms with Gasteiger partial charge in [-0.25, -0.2) is 12.8 Å². The molecule has 3 rings (SSSR count). The summed E-state index contributed by atoms with van der Waals surface area (Å²) in [5, 5.41) is 0. The van der Waals surface area contributed by atoms with Crippen molar-refractivity contribution in [3.8, 4) is 22.6 Å². The Balaban J connectivity index is 2.09. The van der Waals surface area contributed by atoms with Crippen LogP contribution in [0.4, 0.5) is 10.1 Å². The Bertz CT molecular complexity index is 1140. The van der Waals surface area contributed by atoms with Crippen molar-refractivity contribution in [3.05, 3.63) is 76.5 Å². The van der Waals surface area contributed by atoms with Crippen molar-refractivity contribution >= 4 is 15.7 Å². The van der Waals surface area contributed by atoms with Crippen molar-refractivity contribution in [2.45, 2.75) is 6.92 Å². The first-order chi connectivity index (χ1) is 12.7. The largest absolute Gasteiger partial charge is 0.457 e. The number of anilines is 1. The van der Waals surface area contributed by atoms with Crippen LogP contribution in [0.15, 0.2) is 59.5 Å². The molecule has 0 amide bonds. The fourth-order valence-electron chi connectivity index (χ4n) is 2.50. The predicted molar refractivity (Wildman–Crippen MR) is 102 cm³/mol. The molecule has 6 nitrogen and oxygen atoms in total. The van der Waals surface area contributed by atoms with Crippen molar-refractivity contribution in [3.63, 3.8) is 0 Å². The summed E-state index contributed by atoms with van der Waals surface area (Å²) in [4.78, 5) is 14.3. The Morgan fingerprint density at radius 1 is 1.07 bits per heavy atom. The summed E-state index contributed by atoms with van der Waals surface area (Å²) >= 11 is 0. The van der Waals surface area contributed by atoms with Crippen LogP contribution in [0.25, 0.3) is 11.1 Å². The number of sulfonamides is 1. The van der Waals surface area contributed by atoms with E-state index < -0.39 is 10.0 Å². The molecule has 0 aliphatic heterocycles. The molecule has 2 N–H and O–H groups in total. The average Bonchev–Trinajstić information content (AvgIpc) is 2.59. The van der Waals surface area contributed by atoms with Gasteiger partial charge in [-0.3, -0.25) is 9.52 Å². The molecular formula is C19H17FN2O4S. The van der Waals surface area contributed by atoms with Crippen molar-refractivity contribution in [2.24, 2.45) is 0 Å². The first-order valence-corrected chi connectivity index (χ1v) is 9.85. The Morgan fingerprint density at radius 3 is 2.41 bits per heavy atom. The van der Waals surface area contributed by atoms with E-state index in [-0.39, 0.29) is 11.4 Å². The van der Waals surface area contributed by atoms with Crippen LogP contribution in [0.1, 0.15) is 5.56 Å². The van der Waals surface area contributed by atoms with Crippen LogP contribution in [0, 0.1) is 12.7 Å². The van der Waals surface area contributed by atoms with Gasteiger partial charge in [0.25, 0.3) is 5.56 Å². The van der Waals surface area contributed by atoms with Gasteiger partial charge < -0.3 is 9.72 Å². The number of ether oxygens (including phenoxy) is 1. The number of H-pyrrole nitrogens is 1. The van der Waals surface area contributed by atoms with Gasteiger partial charge in [0.05, 0.1) is 6.26 Å². The molecule has 1 aromatic heterocycles. The third kappa shape index (κ3) is 4.73. The van der Waals surface area contributed by atoms with Crippen molar-refractivity contribution in [1.82, 2.24) is 4.98 Å². The molecule has 2 aromatic carbocycles. The third-order valence-corrected chi connectivity index (χ3v) is 4.33. The van der Waals surface area contributed by atoms with E-state index in [1.54, 1.807) is 31.2 Å². The highest BCUT2D eigenvalue weighted by molar-refractivity contribution is 7.92. The molecule has 8 heteroatoms. The maximum Gasteiger partial charge on any atom is 0.250 e. The van der Waals surface area contributed by atoms with Gasteiger partial charge in [0.1, 0.15) is 17.3 Å². The molecule has 0 saturated carbocycles. The van der Waals surface area contributed by atoms with Crippen molar-refractivity contribution in [2.75, 3.05) is 11.0 Å². The second kappa shape index (κ2) is 7.24. The fraction of sp³-hybridized carbons (Fsp3) is 0.105. The fourth-order valence-corrected chi connectivity index (χ4v) is 3.06. The van der Waals surface area contributed by atoms with Crippen LogP contribution in [0.2, 0.25) is 0 Å². The van der Waals surface area contributed by atoms with E-state index in [1.807, 2.05) is 0 Å². The molecule has 0 atom stereocenters. The smallest absolute Gasteiger partial charge is 0.250 e. The number of nitrogens with one attached hydrogen (secondary N) is 2. The second-order valence-corrected chi connectivity index (χ2v) is 7.79. The predicted octanol–water partition coefficient (Wildman–Crippen LogP) is 3.65. The minimum absolute atomic E-state index is 0.217. The lowest BCUT2D eigenvalue weighted by Gasteiger charge is -2.14. The molecule has 0 radical (unpaired) electrons. The SMILES string of the molecule is Cc1cc(-c2cc(NS(C)(=O)=O)ccc2Oc2ccc(F)cc2)c[nH]c1=O. The minimum atomic E-state index is -3.46. The standard InChI is InChI=1S/C19H17FN2O4S/c1-12-9-13(11-21-19(12)23)17-10-15(22-27(2,24)25)5-8-18(17)26-16-6-3-14(20)4-7-16/h3-11,22H,1-2H3,(H,21,23). The summed E-state index contributed by atoms with van der Waals surface area (Å²) < 4.78 is 44.4. The number of aromatic amines is 1. The molecule has 0 fully saturated rings. The highest BCUT2D eigenvalue weighted by atomic mass is 32.2. The van der Waals surface area contributed by atoms with Gasteiger partial charge in [-0.05, 0) is 55.5 Å². The zero-order valence-corrected chi connectivity index (χ0v) is 15.4. The van der Waals surface area contributed by atoms with E-state index >= 15 is 0 Å². The summed E-state index contributed by atoms with van der Waals surface area (Å²) in [7, 11) is -3.46. The van der Waals surface area contributed by atoms with E-state index in [1.165, 1.54) is 30.5 Å². The molecular weight excluding hydrogens is 371 g/mol. The quantitative estimate of drug-likeness (QED) is 0.698. The van der Waals surface area contributed by atoms with Crippen LogP contribution >= 0.6 is 0 Å². The molecule has 140 valence electrons. The Labute approximate surface area is 155 Å². The second-order valence-electron chi connectivity index (χ2n) is 6.04. The number of rotatable bonds is 5. The van der Waals surface area contributed by atoms with Gasteiger partial charge in [-0.1, -0.05) is 0 Å². The van der Waals surface area contributed by atoms with E-state index in [9.17, 15) is 17.6 Å². The van der Waals surface area contributed by atoms with E-state index in [2.05, 4.69) is 9.71 Å². The number of halogens is 1. The summed E-state index contributed by atoms with van der Waals surface area (Å²) in [5.74, 6) is 0.460. The van der Waals surface area contributed by atoms with Crippen molar-refractivity contribution in [1.29, 1.82) is 0 Å². The molecule has 1 heterocycles. The van der Waals surface area contributed by atoms with Gasteiger partial charge in [0, 0.05) is 28.6 Å². The van der Waals surface area contributed by atoms with Crippen molar-refractivity contribution < 1.29 is 17.5 Å².